The number of hydrogen-bond acceptors (Lipinski definition) is 6. The van der Waals surface area contributed by atoms with Crippen LogP contribution < -0.4 is 9.64 Å². The number of methoxy groups -OCH3 is 1. The molecule has 2 heterocycles. The van der Waals surface area contributed by atoms with E-state index in [2.05, 4.69) is 11.1 Å². The highest BCUT2D eigenvalue weighted by Gasteiger charge is 2.43. The maximum atomic E-state index is 13.8. The van der Waals surface area contributed by atoms with Crippen LogP contribution in [0.3, 0.4) is 0 Å². The largest absolute Gasteiger partial charge is 0.496 e. The molecule has 0 spiro atoms. The van der Waals surface area contributed by atoms with Crippen LogP contribution in [0.2, 0.25) is 0 Å². The Balaban J connectivity index is 1.79. The van der Waals surface area contributed by atoms with Crippen molar-refractivity contribution in [3.63, 3.8) is 0 Å². The summed E-state index contributed by atoms with van der Waals surface area (Å²) in [7, 11) is 1.54. The van der Waals surface area contributed by atoms with E-state index in [-0.39, 0.29) is 0 Å². The minimum Gasteiger partial charge on any atom is -0.496 e. The highest BCUT2D eigenvalue weighted by Crippen LogP contribution is 2.38. The smallest absolute Gasteiger partial charge is 0.282 e. The number of rotatable bonds is 8. The molecule has 4 rings (SSSR count). The molecule has 0 unspecified atom stereocenters. The first-order chi connectivity index (χ1) is 16.6. The molecule has 0 bridgehead atoms. The predicted octanol–water partition coefficient (Wildman–Crippen LogP) is 3.81. The van der Waals surface area contributed by atoms with Gasteiger partial charge in [-0.15, -0.1) is 0 Å². The minimum atomic E-state index is -0.420. The highest BCUT2D eigenvalue weighted by molar-refractivity contribution is 6.45. The molecule has 34 heavy (non-hydrogen) atoms. The Labute approximate surface area is 198 Å². The zero-order chi connectivity index (χ0) is 24.1. The number of nitriles is 1. The molecule has 0 fully saturated rings. The van der Waals surface area contributed by atoms with Crippen molar-refractivity contribution in [2.75, 3.05) is 25.1 Å². The maximum Gasteiger partial charge on any atom is 0.282 e. The van der Waals surface area contributed by atoms with Gasteiger partial charge >= 0.3 is 0 Å². The third-order valence-corrected chi connectivity index (χ3v) is 5.81. The number of pyridine rings is 1. The van der Waals surface area contributed by atoms with Crippen LogP contribution in [0, 0.1) is 11.3 Å². The average Bonchev–Trinajstić information content (AvgIpc) is 3.14. The Bertz CT molecular complexity index is 1280. The Kier molecular flexibility index (Phi) is 6.69. The molecular formula is C27H24N4O3. The van der Waals surface area contributed by atoms with Gasteiger partial charge < -0.3 is 9.64 Å². The van der Waals surface area contributed by atoms with Gasteiger partial charge in [-0.2, -0.15) is 5.26 Å². The van der Waals surface area contributed by atoms with Crippen molar-refractivity contribution in [1.82, 2.24) is 9.88 Å². The lowest BCUT2D eigenvalue weighted by Crippen LogP contribution is -2.36. The van der Waals surface area contributed by atoms with Gasteiger partial charge in [-0.3, -0.25) is 14.6 Å². The Hall–Kier alpha value is -4.44. The molecule has 2 aromatic carbocycles. The molecule has 2 amide bonds. The van der Waals surface area contributed by atoms with Crippen LogP contribution in [0.15, 0.2) is 78.8 Å². The molecule has 0 saturated heterocycles. The SMILES string of the molecule is CCN(CCc1ccncc1)C1=C(c2ccccc2OC)C(=O)N(c2ccc(C#N)cc2)C1=O. The zero-order valence-corrected chi connectivity index (χ0v) is 19.1. The van der Waals surface area contributed by atoms with Crippen molar-refractivity contribution < 1.29 is 14.3 Å². The number of nitrogens with zero attached hydrogens (tertiary/aromatic N) is 4. The topological polar surface area (TPSA) is 86.5 Å². The fourth-order valence-corrected chi connectivity index (χ4v) is 4.07. The summed E-state index contributed by atoms with van der Waals surface area (Å²) in [6, 6.07) is 19.6. The molecule has 7 heteroatoms. The minimum absolute atomic E-state index is 0.309. The first kappa shape index (κ1) is 22.7. The van der Waals surface area contributed by atoms with E-state index in [4.69, 9.17) is 10.00 Å². The second-order valence-electron chi connectivity index (χ2n) is 7.71. The van der Waals surface area contributed by atoms with Crippen LogP contribution in [0.5, 0.6) is 5.75 Å². The molecule has 1 aliphatic heterocycles. The number of carbonyl (C=O) groups is 2. The molecule has 0 saturated carbocycles. The lowest BCUT2D eigenvalue weighted by Gasteiger charge is -2.25. The van der Waals surface area contributed by atoms with E-state index in [1.807, 2.05) is 36.1 Å². The summed E-state index contributed by atoms with van der Waals surface area (Å²) < 4.78 is 5.53. The molecule has 0 N–H and O–H groups in total. The first-order valence-electron chi connectivity index (χ1n) is 11.0. The van der Waals surface area contributed by atoms with E-state index in [1.54, 1.807) is 55.9 Å². The zero-order valence-electron chi connectivity index (χ0n) is 19.1. The number of amides is 2. The normalized spacial score (nSPS) is 13.3. The lowest BCUT2D eigenvalue weighted by molar-refractivity contribution is -0.120. The van der Waals surface area contributed by atoms with Gasteiger partial charge in [0, 0.05) is 31.0 Å². The fraction of sp³-hybridized carbons (Fsp3) is 0.185. The maximum absolute atomic E-state index is 13.8. The number of ether oxygens (including phenoxy) is 1. The summed E-state index contributed by atoms with van der Waals surface area (Å²) in [6.45, 7) is 3.05. The number of likely N-dealkylation sites (N-methyl/N-ethyl adjacent to an activating group) is 1. The number of benzene rings is 2. The van der Waals surface area contributed by atoms with Crippen molar-refractivity contribution in [1.29, 1.82) is 5.26 Å². The number of hydrogen-bond donors (Lipinski definition) is 0. The fourth-order valence-electron chi connectivity index (χ4n) is 4.07. The van der Waals surface area contributed by atoms with Gasteiger partial charge in [0.25, 0.3) is 11.8 Å². The van der Waals surface area contributed by atoms with Crippen molar-refractivity contribution in [2.45, 2.75) is 13.3 Å². The van der Waals surface area contributed by atoms with Gasteiger partial charge in [0.05, 0.1) is 30.0 Å². The van der Waals surface area contributed by atoms with Crippen molar-refractivity contribution in [2.24, 2.45) is 0 Å². The summed E-state index contributed by atoms with van der Waals surface area (Å²) in [4.78, 5) is 34.7. The molecule has 0 aliphatic carbocycles. The quantitative estimate of drug-likeness (QED) is 0.483. The standard InChI is InChI=1S/C27H24N4O3/c1-3-30(17-14-19-12-15-29-16-13-19)25-24(22-6-4-5-7-23(22)34-2)26(32)31(27(25)33)21-10-8-20(18-28)9-11-21/h4-13,15-16H,3,14,17H2,1-2H3. The number of carbonyl (C=O) groups excluding carboxylic acids is 2. The number of imide groups is 1. The van der Waals surface area contributed by atoms with Crippen molar-refractivity contribution in [3.05, 3.63) is 95.4 Å². The molecular weight excluding hydrogens is 428 g/mol. The van der Waals surface area contributed by atoms with Crippen LogP contribution in [0.1, 0.15) is 23.6 Å². The number of para-hydroxylation sites is 1. The second kappa shape index (κ2) is 10.0. The van der Waals surface area contributed by atoms with E-state index >= 15 is 0 Å². The van der Waals surface area contributed by atoms with Crippen LogP contribution in [0.4, 0.5) is 5.69 Å². The molecule has 0 radical (unpaired) electrons. The molecule has 3 aromatic rings. The van der Waals surface area contributed by atoms with E-state index in [9.17, 15) is 9.59 Å². The number of aromatic nitrogens is 1. The lowest BCUT2D eigenvalue weighted by atomic mass is 10.0. The van der Waals surface area contributed by atoms with Crippen LogP contribution in [-0.2, 0) is 16.0 Å². The van der Waals surface area contributed by atoms with Crippen molar-refractivity contribution in [3.8, 4) is 11.8 Å². The first-order valence-corrected chi connectivity index (χ1v) is 11.0. The van der Waals surface area contributed by atoms with E-state index < -0.39 is 11.8 Å². The summed E-state index contributed by atoms with van der Waals surface area (Å²) >= 11 is 0. The summed E-state index contributed by atoms with van der Waals surface area (Å²) in [6.07, 6.45) is 4.17. The Morgan fingerprint density at radius 2 is 1.71 bits per heavy atom. The molecule has 7 nitrogen and oxygen atoms in total. The monoisotopic (exact) mass is 452 g/mol. The van der Waals surface area contributed by atoms with Gasteiger partial charge in [-0.1, -0.05) is 18.2 Å². The predicted molar refractivity (Wildman–Crippen MR) is 129 cm³/mol. The van der Waals surface area contributed by atoms with Crippen LogP contribution in [-0.4, -0.2) is 41.9 Å². The third-order valence-electron chi connectivity index (χ3n) is 5.81. The molecule has 0 atom stereocenters. The summed E-state index contributed by atoms with van der Waals surface area (Å²) in [5, 5.41) is 9.12. The highest BCUT2D eigenvalue weighted by atomic mass is 16.5. The van der Waals surface area contributed by atoms with Crippen LogP contribution in [0.25, 0.3) is 5.57 Å². The van der Waals surface area contributed by atoms with E-state index in [0.29, 0.717) is 53.3 Å². The Morgan fingerprint density at radius 1 is 1.00 bits per heavy atom. The van der Waals surface area contributed by atoms with Gasteiger partial charge in [-0.05, 0) is 61.4 Å². The van der Waals surface area contributed by atoms with Gasteiger partial charge in [0.15, 0.2) is 0 Å². The summed E-state index contributed by atoms with van der Waals surface area (Å²) in [5.74, 6) is -0.299. The van der Waals surface area contributed by atoms with Gasteiger partial charge in [0.1, 0.15) is 11.4 Å². The van der Waals surface area contributed by atoms with E-state index in [1.165, 1.54) is 4.90 Å². The van der Waals surface area contributed by atoms with Gasteiger partial charge in [0.2, 0.25) is 0 Å². The molecule has 1 aliphatic rings. The van der Waals surface area contributed by atoms with Crippen molar-refractivity contribution >= 4 is 23.1 Å². The van der Waals surface area contributed by atoms with Gasteiger partial charge in [-0.25, -0.2) is 4.90 Å². The third kappa shape index (κ3) is 4.26. The molecule has 1 aromatic heterocycles. The van der Waals surface area contributed by atoms with E-state index in [0.717, 1.165) is 5.56 Å². The number of anilines is 1. The average molecular weight is 453 g/mol. The second-order valence-corrected chi connectivity index (χ2v) is 7.71. The Morgan fingerprint density at radius 3 is 2.35 bits per heavy atom. The molecule has 170 valence electrons. The summed E-state index contributed by atoms with van der Waals surface area (Å²) in [5.41, 5.74) is 3.18. The van der Waals surface area contributed by atoms with Crippen LogP contribution >= 0.6 is 0 Å².